The monoisotopic (exact) mass is 498 g/mol. The molecule has 5 N–H and O–H groups in total. The number of anilines is 1. The SMILES string of the molecule is O=P(O)(O)COC[C@H]1O[C@@H](n2ccc3c(NC4CCC(F)(F)C4)nc(Cl)nc32)[C@H](O)[C@@H]1O. The minimum absolute atomic E-state index is 0.153. The van der Waals surface area contributed by atoms with Crippen LogP contribution in [0.15, 0.2) is 12.3 Å². The second kappa shape index (κ2) is 8.73. The molecule has 2 aromatic rings. The van der Waals surface area contributed by atoms with Gasteiger partial charge in [-0.1, -0.05) is 0 Å². The van der Waals surface area contributed by atoms with Crippen molar-refractivity contribution in [2.24, 2.45) is 0 Å². The highest BCUT2D eigenvalue weighted by Crippen LogP contribution is 2.39. The molecule has 2 aliphatic rings. The number of fused-ring (bicyclic) bond motifs is 1. The van der Waals surface area contributed by atoms with Crippen molar-refractivity contribution in [2.75, 3.05) is 18.3 Å². The maximum atomic E-state index is 13.5. The highest BCUT2D eigenvalue weighted by Gasteiger charge is 2.44. The fraction of sp³-hybridized carbons (Fsp3) is 0.647. The predicted octanol–water partition coefficient (Wildman–Crippen LogP) is 1.46. The van der Waals surface area contributed by atoms with Crippen molar-refractivity contribution in [1.82, 2.24) is 14.5 Å². The summed E-state index contributed by atoms with van der Waals surface area (Å²) in [6, 6.07) is 1.11. The molecule has 1 saturated carbocycles. The van der Waals surface area contributed by atoms with Gasteiger partial charge in [0.1, 0.15) is 36.1 Å². The molecule has 0 amide bonds. The van der Waals surface area contributed by atoms with Crippen LogP contribution in [0.1, 0.15) is 25.5 Å². The van der Waals surface area contributed by atoms with E-state index in [1.165, 1.54) is 10.8 Å². The molecule has 11 nitrogen and oxygen atoms in total. The Balaban J connectivity index is 1.54. The Morgan fingerprint density at radius 2 is 2.09 bits per heavy atom. The van der Waals surface area contributed by atoms with Crippen LogP contribution in [0.2, 0.25) is 5.28 Å². The lowest BCUT2D eigenvalue weighted by atomic mass is 10.1. The van der Waals surface area contributed by atoms with E-state index in [1.807, 2.05) is 0 Å². The minimum atomic E-state index is -4.40. The van der Waals surface area contributed by atoms with E-state index in [9.17, 15) is 23.6 Å². The van der Waals surface area contributed by atoms with E-state index < -0.39 is 50.4 Å². The second-order valence-electron chi connectivity index (χ2n) is 7.95. The number of alkyl halides is 2. The Morgan fingerprint density at radius 3 is 2.75 bits per heavy atom. The number of rotatable bonds is 7. The fourth-order valence-electron chi connectivity index (χ4n) is 3.97. The van der Waals surface area contributed by atoms with Crippen molar-refractivity contribution in [3.05, 3.63) is 17.5 Å². The van der Waals surface area contributed by atoms with E-state index in [2.05, 4.69) is 15.3 Å². The normalized spacial score (nSPS) is 30.3. The van der Waals surface area contributed by atoms with Crippen LogP contribution >= 0.6 is 19.2 Å². The quantitative estimate of drug-likeness (QED) is 0.279. The molecule has 1 saturated heterocycles. The Bertz CT molecular complexity index is 1040. The third kappa shape index (κ3) is 5.05. The van der Waals surface area contributed by atoms with Crippen LogP contribution in [0.5, 0.6) is 0 Å². The zero-order valence-corrected chi connectivity index (χ0v) is 18.2. The summed E-state index contributed by atoms with van der Waals surface area (Å²) in [4.78, 5) is 26.0. The first-order valence-electron chi connectivity index (χ1n) is 9.76. The predicted molar refractivity (Wildman–Crippen MR) is 108 cm³/mol. The smallest absolute Gasteiger partial charge is 0.350 e. The van der Waals surface area contributed by atoms with E-state index in [4.69, 9.17) is 30.9 Å². The van der Waals surface area contributed by atoms with E-state index >= 15 is 0 Å². The Morgan fingerprint density at radius 1 is 1.34 bits per heavy atom. The lowest BCUT2D eigenvalue weighted by Crippen LogP contribution is -2.33. The summed E-state index contributed by atoms with van der Waals surface area (Å²) in [5, 5.41) is 24.0. The molecule has 1 aliphatic carbocycles. The molecule has 1 unspecified atom stereocenters. The third-order valence-electron chi connectivity index (χ3n) is 5.44. The third-order valence-corrected chi connectivity index (χ3v) is 6.13. The van der Waals surface area contributed by atoms with Crippen molar-refractivity contribution < 1.29 is 42.8 Å². The number of aromatic nitrogens is 3. The largest absolute Gasteiger partial charge is 0.387 e. The van der Waals surface area contributed by atoms with Crippen LogP contribution in [-0.2, 0) is 14.0 Å². The topological polar surface area (TPSA) is 159 Å². The van der Waals surface area contributed by atoms with Crippen LogP contribution in [0, 0.1) is 0 Å². The highest BCUT2D eigenvalue weighted by atomic mass is 35.5. The molecule has 15 heteroatoms. The summed E-state index contributed by atoms with van der Waals surface area (Å²) in [5.41, 5.74) is 0.241. The molecule has 3 heterocycles. The lowest BCUT2D eigenvalue weighted by molar-refractivity contribution is -0.0610. The Labute approximate surface area is 185 Å². The number of aliphatic hydroxyl groups excluding tert-OH is 2. The van der Waals surface area contributed by atoms with Gasteiger partial charge in [-0.05, 0) is 24.1 Å². The summed E-state index contributed by atoms with van der Waals surface area (Å²) in [7, 11) is -4.40. The molecule has 0 spiro atoms. The van der Waals surface area contributed by atoms with Crippen molar-refractivity contribution in [2.45, 2.75) is 55.8 Å². The maximum absolute atomic E-state index is 13.5. The zero-order valence-electron chi connectivity index (χ0n) is 16.5. The number of nitrogens with zero attached hydrogens (tertiary/aromatic N) is 3. The van der Waals surface area contributed by atoms with Gasteiger partial charge in [-0.3, -0.25) is 4.57 Å². The molecule has 1 aliphatic heterocycles. The van der Waals surface area contributed by atoms with Crippen molar-refractivity contribution >= 4 is 36.0 Å². The molecular weight excluding hydrogens is 477 g/mol. The number of hydrogen-bond donors (Lipinski definition) is 5. The standard InChI is InChI=1S/C17H22ClF2N4O7P/c18-16-22-13(21-8-1-3-17(19,20)5-8)9-2-4-24(14(9)23-16)15-12(26)11(25)10(31-15)6-30-7-32(27,28)29/h2,4,8,10-12,15,25-26H,1,3,5-7H2,(H,21,22,23)(H2,27,28,29)/t8?,10-,11-,12-,15-/m1/s1. The van der Waals surface area contributed by atoms with Crippen molar-refractivity contribution in [3.8, 4) is 0 Å². The Kier molecular flexibility index (Phi) is 6.47. The van der Waals surface area contributed by atoms with Crippen LogP contribution in [0.4, 0.5) is 14.6 Å². The van der Waals surface area contributed by atoms with Gasteiger partial charge >= 0.3 is 7.60 Å². The van der Waals surface area contributed by atoms with E-state index in [0.29, 0.717) is 5.39 Å². The molecule has 0 bridgehead atoms. The molecular formula is C17H22ClF2N4O7P. The van der Waals surface area contributed by atoms with E-state index in [0.717, 1.165) is 0 Å². The van der Waals surface area contributed by atoms with Crippen molar-refractivity contribution in [1.29, 1.82) is 0 Å². The van der Waals surface area contributed by atoms with Gasteiger partial charge in [0.25, 0.3) is 0 Å². The summed E-state index contributed by atoms with van der Waals surface area (Å²) in [5.74, 6) is -2.48. The zero-order chi connectivity index (χ0) is 23.3. The first kappa shape index (κ1) is 23.7. The first-order valence-corrected chi connectivity index (χ1v) is 11.9. The Hall–Kier alpha value is -1.44. The highest BCUT2D eigenvalue weighted by molar-refractivity contribution is 7.51. The fourth-order valence-corrected chi connectivity index (χ4v) is 4.48. The number of hydrogen-bond acceptors (Lipinski definition) is 8. The van der Waals surface area contributed by atoms with Crippen molar-refractivity contribution in [3.63, 3.8) is 0 Å². The van der Waals surface area contributed by atoms with Gasteiger partial charge in [0.2, 0.25) is 11.2 Å². The summed E-state index contributed by atoms with van der Waals surface area (Å²) < 4.78 is 50.0. The van der Waals surface area contributed by atoms with Gasteiger partial charge in [0, 0.05) is 25.1 Å². The van der Waals surface area contributed by atoms with Crippen LogP contribution in [0.25, 0.3) is 11.0 Å². The van der Waals surface area contributed by atoms with Gasteiger partial charge < -0.3 is 39.4 Å². The first-order chi connectivity index (χ1) is 14.9. The van der Waals surface area contributed by atoms with E-state index in [1.54, 1.807) is 6.07 Å². The molecule has 2 fully saturated rings. The number of ether oxygens (including phenoxy) is 2. The maximum Gasteiger partial charge on any atom is 0.350 e. The molecule has 0 radical (unpaired) electrons. The summed E-state index contributed by atoms with van der Waals surface area (Å²) >= 11 is 6.04. The number of nitrogens with one attached hydrogen (secondary N) is 1. The molecule has 178 valence electrons. The van der Waals surface area contributed by atoms with Crippen LogP contribution in [0.3, 0.4) is 0 Å². The molecule has 4 rings (SSSR count). The van der Waals surface area contributed by atoms with Gasteiger partial charge in [-0.25, -0.2) is 13.8 Å². The van der Waals surface area contributed by atoms with Gasteiger partial charge in [-0.2, -0.15) is 4.98 Å². The van der Waals surface area contributed by atoms with Gasteiger partial charge in [0.15, 0.2) is 6.23 Å². The van der Waals surface area contributed by atoms with Crippen LogP contribution < -0.4 is 5.32 Å². The molecule has 2 aromatic heterocycles. The summed E-state index contributed by atoms with van der Waals surface area (Å²) in [6.07, 6.45) is -4.60. The van der Waals surface area contributed by atoms with Gasteiger partial charge in [0.05, 0.1) is 12.0 Å². The summed E-state index contributed by atoms with van der Waals surface area (Å²) in [6.45, 7) is -0.364. The minimum Gasteiger partial charge on any atom is -0.387 e. The number of halogens is 3. The number of aliphatic hydroxyl groups is 2. The molecule has 32 heavy (non-hydrogen) atoms. The average molecular weight is 499 g/mol. The van der Waals surface area contributed by atoms with E-state index in [-0.39, 0.29) is 42.6 Å². The van der Waals surface area contributed by atoms with Gasteiger partial charge in [-0.15, -0.1) is 0 Å². The lowest BCUT2D eigenvalue weighted by Gasteiger charge is -2.18. The van der Waals surface area contributed by atoms with Crippen LogP contribution in [-0.4, -0.2) is 77.8 Å². The molecule has 5 atom stereocenters. The second-order valence-corrected chi connectivity index (χ2v) is 9.88. The molecule has 0 aromatic carbocycles. The average Bonchev–Trinajstić information content (AvgIpc) is 3.32.